The Labute approximate surface area is 172 Å². The molecule has 29 heavy (non-hydrogen) atoms. The van der Waals surface area contributed by atoms with Crippen LogP contribution in [0.1, 0.15) is 28.7 Å². The molecule has 150 valence electrons. The van der Waals surface area contributed by atoms with Crippen LogP contribution in [0.15, 0.2) is 65.3 Å². The number of carbonyl (C=O) groups excluding carboxylic acids is 1. The van der Waals surface area contributed by atoms with Crippen LogP contribution >= 0.6 is 11.8 Å². The summed E-state index contributed by atoms with van der Waals surface area (Å²) in [6, 6.07) is 16.1. The molecule has 0 fully saturated rings. The van der Waals surface area contributed by atoms with Gasteiger partial charge in [0.05, 0.1) is 25.2 Å². The molecular formula is C22H20FNO4S. The maximum absolute atomic E-state index is 14.0. The Hall–Kier alpha value is -2.77. The van der Waals surface area contributed by atoms with Crippen molar-refractivity contribution in [3.63, 3.8) is 0 Å². The van der Waals surface area contributed by atoms with Crippen LogP contribution in [0.3, 0.4) is 0 Å². The maximum atomic E-state index is 14.0. The Morgan fingerprint density at radius 2 is 2.03 bits per heavy atom. The number of hydrogen-bond acceptors (Lipinski definition) is 5. The lowest BCUT2D eigenvalue weighted by atomic mass is 10.1. The summed E-state index contributed by atoms with van der Waals surface area (Å²) in [5.74, 6) is 1.59. The summed E-state index contributed by atoms with van der Waals surface area (Å²) < 4.78 is 31.0. The fraction of sp³-hybridized carbons (Fsp3) is 0.227. The molecule has 0 unspecified atom stereocenters. The Morgan fingerprint density at radius 1 is 1.17 bits per heavy atom. The third-order valence-electron chi connectivity index (χ3n) is 4.42. The first-order valence-corrected chi connectivity index (χ1v) is 10.4. The van der Waals surface area contributed by atoms with Gasteiger partial charge in [0, 0.05) is 22.4 Å². The van der Waals surface area contributed by atoms with Crippen molar-refractivity contribution in [3.05, 3.63) is 89.1 Å². The molecule has 0 radical (unpaired) electrons. The minimum absolute atomic E-state index is 0.108. The van der Waals surface area contributed by atoms with Gasteiger partial charge in [0.1, 0.15) is 17.3 Å². The molecule has 1 aliphatic heterocycles. The molecule has 0 saturated carbocycles. The average Bonchev–Trinajstić information content (AvgIpc) is 3.26. The molecule has 2 aromatic carbocycles. The number of fused-ring (bicyclic) bond motifs is 1. The van der Waals surface area contributed by atoms with Gasteiger partial charge in [-0.15, -0.1) is 11.8 Å². The van der Waals surface area contributed by atoms with E-state index in [-0.39, 0.29) is 24.1 Å². The number of halogens is 1. The fourth-order valence-electron chi connectivity index (χ4n) is 3.06. The molecule has 1 N–H and O–H groups in total. The highest BCUT2D eigenvalue weighted by molar-refractivity contribution is 7.99. The van der Waals surface area contributed by atoms with Gasteiger partial charge in [-0.2, -0.15) is 0 Å². The Morgan fingerprint density at radius 3 is 2.83 bits per heavy atom. The molecule has 1 aliphatic rings. The van der Waals surface area contributed by atoms with Crippen molar-refractivity contribution < 1.29 is 23.1 Å². The molecule has 0 saturated heterocycles. The molecule has 7 heteroatoms. The molecule has 1 atom stereocenters. The van der Waals surface area contributed by atoms with E-state index in [1.165, 1.54) is 23.9 Å². The Bertz CT molecular complexity index is 962. The van der Waals surface area contributed by atoms with Crippen molar-refractivity contribution in [1.82, 2.24) is 5.32 Å². The number of benzene rings is 2. The molecule has 3 aromatic rings. The summed E-state index contributed by atoms with van der Waals surface area (Å²) in [6.45, 7) is 0.620. The molecule has 0 aliphatic carbocycles. The van der Waals surface area contributed by atoms with E-state index in [0.717, 1.165) is 5.56 Å². The quantitative estimate of drug-likeness (QED) is 0.615. The first-order valence-electron chi connectivity index (χ1n) is 9.20. The number of rotatable bonds is 7. The normalized spacial score (nSPS) is 15.4. The van der Waals surface area contributed by atoms with Gasteiger partial charge < -0.3 is 19.2 Å². The smallest absolute Gasteiger partial charge is 0.230 e. The third-order valence-corrected chi connectivity index (χ3v) is 5.41. The molecule has 5 nitrogen and oxygen atoms in total. The Kier molecular flexibility index (Phi) is 6.17. The SMILES string of the molecule is O=C(CSCc1cc(F)cc2c1O[C@H](c1ccccc1)OC2)NCc1ccco1. The van der Waals surface area contributed by atoms with Gasteiger partial charge in [-0.25, -0.2) is 4.39 Å². The number of thioether (sulfide) groups is 1. The monoisotopic (exact) mass is 413 g/mol. The van der Waals surface area contributed by atoms with Gasteiger partial charge >= 0.3 is 0 Å². The standard InChI is InChI=1S/C22H20FNO4S/c23-18-9-16-12-27-22(15-5-2-1-3-6-15)28-21(16)17(10-18)13-29-14-20(25)24-11-19-7-4-8-26-19/h1-10,22H,11-14H2,(H,24,25)/t22-/m1/s1. The van der Waals surface area contributed by atoms with Crippen molar-refractivity contribution in [2.75, 3.05) is 5.75 Å². The Balaban J connectivity index is 1.38. The van der Waals surface area contributed by atoms with E-state index in [1.807, 2.05) is 30.3 Å². The van der Waals surface area contributed by atoms with E-state index in [4.69, 9.17) is 13.9 Å². The number of amides is 1. The van der Waals surface area contributed by atoms with Gasteiger partial charge in [-0.3, -0.25) is 4.79 Å². The number of hydrogen-bond donors (Lipinski definition) is 1. The van der Waals surface area contributed by atoms with Gasteiger partial charge in [0.2, 0.25) is 12.2 Å². The lowest BCUT2D eigenvalue weighted by molar-refractivity contribution is -0.118. The summed E-state index contributed by atoms with van der Waals surface area (Å²) in [5, 5.41) is 2.79. The van der Waals surface area contributed by atoms with Crippen molar-refractivity contribution in [1.29, 1.82) is 0 Å². The van der Waals surface area contributed by atoms with E-state index in [0.29, 0.717) is 34.9 Å². The summed E-state index contributed by atoms with van der Waals surface area (Å²) in [4.78, 5) is 12.0. The predicted octanol–water partition coefficient (Wildman–Crippen LogP) is 4.58. The highest BCUT2D eigenvalue weighted by Crippen LogP contribution is 2.37. The van der Waals surface area contributed by atoms with Crippen LogP contribution in [-0.4, -0.2) is 11.7 Å². The van der Waals surface area contributed by atoms with Crippen LogP contribution in [0.5, 0.6) is 5.75 Å². The minimum atomic E-state index is -0.533. The maximum Gasteiger partial charge on any atom is 0.230 e. The van der Waals surface area contributed by atoms with Crippen molar-refractivity contribution in [2.24, 2.45) is 0 Å². The number of ether oxygens (including phenoxy) is 2. The van der Waals surface area contributed by atoms with Crippen LogP contribution in [-0.2, 0) is 28.4 Å². The second-order valence-corrected chi connectivity index (χ2v) is 7.56. The van der Waals surface area contributed by atoms with Crippen molar-refractivity contribution in [3.8, 4) is 5.75 Å². The number of furan rings is 1. The second-order valence-electron chi connectivity index (χ2n) is 6.57. The molecule has 1 aromatic heterocycles. The van der Waals surface area contributed by atoms with Gasteiger partial charge in [-0.05, 0) is 24.3 Å². The molecule has 2 heterocycles. The summed E-state index contributed by atoms with van der Waals surface area (Å²) in [6.07, 6.45) is 1.03. The van der Waals surface area contributed by atoms with Crippen LogP contribution in [0.2, 0.25) is 0 Å². The molecule has 0 bridgehead atoms. The molecule has 0 spiro atoms. The van der Waals surface area contributed by atoms with Crippen LogP contribution in [0.25, 0.3) is 0 Å². The average molecular weight is 413 g/mol. The van der Waals surface area contributed by atoms with Gasteiger partial charge in [0.25, 0.3) is 0 Å². The molecule has 1 amide bonds. The zero-order valence-electron chi connectivity index (χ0n) is 15.6. The van der Waals surface area contributed by atoms with Crippen molar-refractivity contribution >= 4 is 17.7 Å². The van der Waals surface area contributed by atoms with Crippen LogP contribution < -0.4 is 10.1 Å². The first-order chi connectivity index (χ1) is 14.2. The van der Waals surface area contributed by atoms with Gasteiger partial charge in [-0.1, -0.05) is 30.3 Å². The highest BCUT2D eigenvalue weighted by atomic mass is 32.2. The fourth-order valence-corrected chi connectivity index (χ4v) is 3.89. The van der Waals surface area contributed by atoms with E-state index in [2.05, 4.69) is 5.32 Å². The van der Waals surface area contributed by atoms with E-state index in [1.54, 1.807) is 18.4 Å². The first kappa shape index (κ1) is 19.5. The van der Waals surface area contributed by atoms with E-state index < -0.39 is 6.29 Å². The zero-order valence-corrected chi connectivity index (χ0v) is 16.4. The largest absolute Gasteiger partial charge is 0.467 e. The molecule has 4 rings (SSSR count). The van der Waals surface area contributed by atoms with E-state index >= 15 is 0 Å². The molecular weight excluding hydrogens is 393 g/mol. The predicted molar refractivity (Wildman–Crippen MR) is 108 cm³/mol. The van der Waals surface area contributed by atoms with Gasteiger partial charge in [0.15, 0.2) is 0 Å². The highest BCUT2D eigenvalue weighted by Gasteiger charge is 2.25. The second kappa shape index (κ2) is 9.15. The van der Waals surface area contributed by atoms with Crippen LogP contribution in [0.4, 0.5) is 4.39 Å². The number of carbonyl (C=O) groups is 1. The summed E-state index contributed by atoms with van der Waals surface area (Å²) >= 11 is 1.40. The van der Waals surface area contributed by atoms with E-state index in [9.17, 15) is 9.18 Å². The lowest BCUT2D eigenvalue weighted by Gasteiger charge is -2.28. The summed E-state index contributed by atoms with van der Waals surface area (Å²) in [7, 11) is 0. The third kappa shape index (κ3) is 4.99. The minimum Gasteiger partial charge on any atom is -0.467 e. The lowest BCUT2D eigenvalue weighted by Crippen LogP contribution is -2.24. The van der Waals surface area contributed by atoms with Crippen molar-refractivity contribution in [2.45, 2.75) is 25.2 Å². The van der Waals surface area contributed by atoms with Crippen LogP contribution in [0, 0.1) is 5.82 Å². The topological polar surface area (TPSA) is 60.7 Å². The summed E-state index contributed by atoms with van der Waals surface area (Å²) in [5.41, 5.74) is 2.29. The zero-order chi connectivity index (χ0) is 20.1. The number of nitrogens with one attached hydrogen (secondary N) is 1.